The largest absolute Gasteiger partial charge is 0.316 e. The molecule has 0 amide bonds. The van der Waals surface area contributed by atoms with Crippen molar-refractivity contribution in [1.29, 1.82) is 0 Å². The average molecular weight is 214 g/mol. The predicted octanol–water partition coefficient (Wildman–Crippen LogP) is 2.65. The third-order valence-electron chi connectivity index (χ3n) is 2.85. The molecular weight excluding hydrogens is 184 g/mol. The molecule has 2 N–H and O–H groups in total. The topological polar surface area (TPSA) is 24.1 Å². The second-order valence-corrected chi connectivity index (χ2v) is 4.84. The predicted molar refractivity (Wildman–Crippen MR) is 69.3 cm³/mol. The van der Waals surface area contributed by atoms with E-state index in [0.29, 0.717) is 0 Å². The van der Waals surface area contributed by atoms with Crippen LogP contribution in [0.25, 0.3) is 0 Å². The normalized spacial score (nSPS) is 11.6. The molecule has 0 saturated carbocycles. The Bertz CT molecular complexity index is 120. The third-order valence-corrected chi connectivity index (χ3v) is 2.85. The summed E-state index contributed by atoms with van der Waals surface area (Å²) < 4.78 is 0. The highest BCUT2D eigenvalue weighted by molar-refractivity contribution is 4.59. The quantitative estimate of drug-likeness (QED) is 0.546. The minimum Gasteiger partial charge on any atom is -0.316 e. The van der Waals surface area contributed by atoms with Crippen LogP contribution in [0.2, 0.25) is 0 Å². The lowest BCUT2D eigenvalue weighted by molar-refractivity contribution is 0.443. The first-order valence-corrected chi connectivity index (χ1v) is 6.62. The maximum Gasteiger partial charge on any atom is -0.00207 e. The van der Waals surface area contributed by atoms with E-state index in [4.69, 9.17) is 0 Å². The molecule has 0 aromatic rings. The van der Waals surface area contributed by atoms with Crippen molar-refractivity contribution in [2.45, 2.75) is 47.0 Å². The lowest BCUT2D eigenvalue weighted by atomic mass is 10.0. The van der Waals surface area contributed by atoms with E-state index in [9.17, 15) is 0 Å². The molecule has 0 aliphatic rings. The van der Waals surface area contributed by atoms with Gasteiger partial charge in [0.05, 0.1) is 0 Å². The molecule has 0 rings (SSSR count). The van der Waals surface area contributed by atoms with Crippen molar-refractivity contribution in [1.82, 2.24) is 10.6 Å². The molecule has 0 atom stereocenters. The summed E-state index contributed by atoms with van der Waals surface area (Å²) in [7, 11) is 0. The van der Waals surface area contributed by atoms with Crippen LogP contribution in [-0.4, -0.2) is 26.2 Å². The Morgan fingerprint density at radius 3 is 1.87 bits per heavy atom. The molecule has 0 heterocycles. The minimum absolute atomic E-state index is 0.766. The molecule has 92 valence electrons. The Morgan fingerprint density at radius 1 is 0.867 bits per heavy atom. The highest BCUT2D eigenvalue weighted by atomic mass is 14.9. The van der Waals surface area contributed by atoms with Gasteiger partial charge in [-0.15, -0.1) is 0 Å². The van der Waals surface area contributed by atoms with Gasteiger partial charge in [-0.1, -0.05) is 40.5 Å². The van der Waals surface area contributed by atoms with E-state index in [1.807, 2.05) is 0 Å². The highest BCUT2D eigenvalue weighted by Crippen LogP contribution is 2.04. The summed E-state index contributed by atoms with van der Waals surface area (Å²) in [4.78, 5) is 0. The molecule has 0 aliphatic heterocycles. The molecule has 0 aromatic heterocycles. The van der Waals surface area contributed by atoms with E-state index in [1.165, 1.54) is 25.8 Å². The number of rotatable bonds is 10. The second-order valence-electron chi connectivity index (χ2n) is 4.84. The van der Waals surface area contributed by atoms with Gasteiger partial charge in [-0.25, -0.2) is 0 Å². The third kappa shape index (κ3) is 10.2. The molecule has 0 spiro atoms. The lowest BCUT2D eigenvalue weighted by Gasteiger charge is -2.13. The second kappa shape index (κ2) is 10.4. The summed E-state index contributed by atoms with van der Waals surface area (Å²) in [5, 5.41) is 7.00. The molecule has 2 nitrogen and oxygen atoms in total. The maximum atomic E-state index is 3.54. The molecule has 15 heavy (non-hydrogen) atoms. The number of hydrogen-bond acceptors (Lipinski definition) is 2. The van der Waals surface area contributed by atoms with E-state index in [2.05, 4.69) is 38.3 Å². The molecule has 0 aromatic carbocycles. The first-order chi connectivity index (χ1) is 7.20. The van der Waals surface area contributed by atoms with Gasteiger partial charge in [0, 0.05) is 0 Å². The first-order valence-electron chi connectivity index (χ1n) is 6.62. The lowest BCUT2D eigenvalue weighted by Crippen LogP contribution is -2.27. The van der Waals surface area contributed by atoms with Gasteiger partial charge >= 0.3 is 0 Å². The van der Waals surface area contributed by atoms with Crippen LogP contribution in [-0.2, 0) is 0 Å². The van der Waals surface area contributed by atoms with Crippen LogP contribution in [0.1, 0.15) is 47.0 Å². The van der Waals surface area contributed by atoms with Crippen LogP contribution < -0.4 is 10.6 Å². The van der Waals surface area contributed by atoms with Gasteiger partial charge in [0.2, 0.25) is 0 Å². The van der Waals surface area contributed by atoms with Gasteiger partial charge in [-0.2, -0.15) is 0 Å². The van der Waals surface area contributed by atoms with E-state index >= 15 is 0 Å². The van der Waals surface area contributed by atoms with Crippen LogP contribution in [0, 0.1) is 11.8 Å². The summed E-state index contributed by atoms with van der Waals surface area (Å²) >= 11 is 0. The van der Waals surface area contributed by atoms with Crippen molar-refractivity contribution in [2.24, 2.45) is 11.8 Å². The SMILES string of the molecule is CCC(CC)CNCCCNCC(C)C. The van der Waals surface area contributed by atoms with Crippen LogP contribution in [0.5, 0.6) is 0 Å². The van der Waals surface area contributed by atoms with Crippen LogP contribution in [0.15, 0.2) is 0 Å². The molecule has 0 saturated heterocycles. The van der Waals surface area contributed by atoms with Crippen molar-refractivity contribution in [3.05, 3.63) is 0 Å². The van der Waals surface area contributed by atoms with Crippen LogP contribution in [0.4, 0.5) is 0 Å². The Hall–Kier alpha value is -0.0800. The molecule has 0 radical (unpaired) electrons. The maximum absolute atomic E-state index is 3.54. The van der Waals surface area contributed by atoms with E-state index in [0.717, 1.165) is 31.5 Å². The fourth-order valence-corrected chi connectivity index (χ4v) is 1.61. The number of nitrogens with one attached hydrogen (secondary N) is 2. The molecule has 0 aliphatic carbocycles. The van der Waals surface area contributed by atoms with E-state index in [1.54, 1.807) is 0 Å². The van der Waals surface area contributed by atoms with Crippen LogP contribution in [0.3, 0.4) is 0 Å². The Labute approximate surface area is 96.2 Å². The zero-order valence-corrected chi connectivity index (χ0v) is 11.1. The zero-order chi connectivity index (χ0) is 11.5. The van der Waals surface area contributed by atoms with Gasteiger partial charge in [-0.05, 0) is 44.4 Å². The fraction of sp³-hybridized carbons (Fsp3) is 1.00. The first kappa shape index (κ1) is 14.9. The van der Waals surface area contributed by atoms with Crippen molar-refractivity contribution < 1.29 is 0 Å². The van der Waals surface area contributed by atoms with E-state index in [-0.39, 0.29) is 0 Å². The van der Waals surface area contributed by atoms with Crippen molar-refractivity contribution in [2.75, 3.05) is 26.2 Å². The van der Waals surface area contributed by atoms with Crippen molar-refractivity contribution in [3.8, 4) is 0 Å². The Kier molecular flexibility index (Phi) is 10.4. The fourth-order valence-electron chi connectivity index (χ4n) is 1.61. The zero-order valence-electron chi connectivity index (χ0n) is 11.1. The molecule has 0 fully saturated rings. The van der Waals surface area contributed by atoms with Gasteiger partial charge in [0.25, 0.3) is 0 Å². The molecular formula is C13H30N2. The summed E-state index contributed by atoms with van der Waals surface area (Å²) in [6.07, 6.45) is 3.84. The molecule has 0 bridgehead atoms. The summed E-state index contributed by atoms with van der Waals surface area (Å²) in [6, 6.07) is 0. The molecule has 0 unspecified atom stereocenters. The van der Waals surface area contributed by atoms with Crippen molar-refractivity contribution >= 4 is 0 Å². The van der Waals surface area contributed by atoms with E-state index < -0.39 is 0 Å². The Morgan fingerprint density at radius 2 is 1.40 bits per heavy atom. The summed E-state index contributed by atoms with van der Waals surface area (Å²) in [5.74, 6) is 1.64. The monoisotopic (exact) mass is 214 g/mol. The summed E-state index contributed by atoms with van der Waals surface area (Å²) in [6.45, 7) is 13.7. The Balaban J connectivity index is 3.10. The smallest absolute Gasteiger partial charge is 0.00207 e. The number of hydrogen-bond donors (Lipinski definition) is 2. The van der Waals surface area contributed by atoms with Gasteiger partial charge in [0.15, 0.2) is 0 Å². The van der Waals surface area contributed by atoms with Gasteiger partial charge in [-0.3, -0.25) is 0 Å². The van der Waals surface area contributed by atoms with Gasteiger partial charge < -0.3 is 10.6 Å². The molecule has 2 heteroatoms. The van der Waals surface area contributed by atoms with Gasteiger partial charge in [0.1, 0.15) is 0 Å². The minimum atomic E-state index is 0.766. The van der Waals surface area contributed by atoms with Crippen LogP contribution >= 0.6 is 0 Å². The highest BCUT2D eigenvalue weighted by Gasteiger charge is 2.01. The van der Waals surface area contributed by atoms with Crippen molar-refractivity contribution in [3.63, 3.8) is 0 Å². The average Bonchev–Trinajstić information content (AvgIpc) is 2.22. The standard InChI is InChI=1S/C13H30N2/c1-5-13(6-2)11-15-9-7-8-14-10-12(3)4/h12-15H,5-11H2,1-4H3. The summed E-state index contributed by atoms with van der Waals surface area (Å²) in [5.41, 5.74) is 0.